The number of aliphatic carboxylic acids is 1. The molecule has 2 N–H and O–H groups in total. The van der Waals surface area contributed by atoms with E-state index < -0.39 is 5.97 Å². The molecule has 1 aromatic rings. The van der Waals surface area contributed by atoms with Gasteiger partial charge in [0.1, 0.15) is 0 Å². The lowest BCUT2D eigenvalue weighted by Gasteiger charge is -2.19. The van der Waals surface area contributed by atoms with Crippen LogP contribution in [0.1, 0.15) is 19.4 Å². The molecule has 0 heterocycles. The monoisotopic (exact) mass is 276 g/mol. The van der Waals surface area contributed by atoms with Crippen LogP contribution in [-0.2, 0) is 4.79 Å². The third-order valence-corrected chi connectivity index (χ3v) is 2.57. The molecule has 0 saturated heterocycles. The number of anilines is 1. The van der Waals surface area contributed by atoms with Gasteiger partial charge in [-0.15, -0.1) is 0 Å². The minimum absolute atomic E-state index is 0.160. The summed E-state index contributed by atoms with van der Waals surface area (Å²) in [6.07, 6.45) is 2.57. The standard InChI is InChI=1S/C15H20N2O3/c1-11(2)10-17(3)15(20)16-13-7-4-12(5-8-13)6-9-14(18)19/h4-9,11H,10H2,1-3H3,(H,16,20)(H,18,19)/b9-6+. The highest BCUT2D eigenvalue weighted by Crippen LogP contribution is 2.11. The van der Waals surface area contributed by atoms with Gasteiger partial charge in [0.25, 0.3) is 0 Å². The molecule has 1 aromatic carbocycles. The van der Waals surface area contributed by atoms with Gasteiger partial charge in [-0.25, -0.2) is 9.59 Å². The Morgan fingerprint density at radius 2 is 1.90 bits per heavy atom. The summed E-state index contributed by atoms with van der Waals surface area (Å²) in [4.78, 5) is 23.9. The maximum Gasteiger partial charge on any atom is 0.328 e. The molecule has 2 amide bonds. The van der Waals surface area contributed by atoms with E-state index in [1.54, 1.807) is 36.2 Å². The fourth-order valence-corrected chi connectivity index (χ4v) is 1.69. The normalized spacial score (nSPS) is 10.8. The van der Waals surface area contributed by atoms with E-state index in [0.717, 1.165) is 11.6 Å². The maximum atomic E-state index is 11.9. The largest absolute Gasteiger partial charge is 0.478 e. The Hall–Kier alpha value is -2.30. The number of carbonyl (C=O) groups is 2. The van der Waals surface area contributed by atoms with Gasteiger partial charge < -0.3 is 15.3 Å². The Kier molecular flexibility index (Phi) is 5.77. The topological polar surface area (TPSA) is 69.6 Å². The van der Waals surface area contributed by atoms with Crippen molar-refractivity contribution in [1.29, 1.82) is 0 Å². The number of nitrogens with one attached hydrogen (secondary N) is 1. The number of rotatable bonds is 5. The van der Waals surface area contributed by atoms with E-state index in [4.69, 9.17) is 5.11 Å². The van der Waals surface area contributed by atoms with Gasteiger partial charge in [0.15, 0.2) is 0 Å². The van der Waals surface area contributed by atoms with Gasteiger partial charge in [-0.2, -0.15) is 0 Å². The number of carboxylic acids is 1. The first-order valence-corrected chi connectivity index (χ1v) is 6.41. The summed E-state index contributed by atoms with van der Waals surface area (Å²) in [6, 6.07) is 6.81. The van der Waals surface area contributed by atoms with E-state index in [2.05, 4.69) is 5.32 Å². The van der Waals surface area contributed by atoms with E-state index >= 15 is 0 Å². The highest BCUT2D eigenvalue weighted by molar-refractivity contribution is 5.89. The Labute approximate surface area is 118 Å². The molecule has 0 aliphatic carbocycles. The molecule has 0 saturated carbocycles. The fourth-order valence-electron chi connectivity index (χ4n) is 1.69. The summed E-state index contributed by atoms with van der Waals surface area (Å²) in [5.41, 5.74) is 1.44. The second-order valence-electron chi connectivity index (χ2n) is 5.00. The zero-order valence-electron chi connectivity index (χ0n) is 12.0. The van der Waals surface area contributed by atoms with Crippen molar-refractivity contribution in [3.63, 3.8) is 0 Å². The first-order chi connectivity index (χ1) is 9.38. The molecule has 5 heteroatoms. The maximum absolute atomic E-state index is 11.9. The van der Waals surface area contributed by atoms with Crippen molar-refractivity contribution in [2.75, 3.05) is 18.9 Å². The summed E-state index contributed by atoms with van der Waals surface area (Å²) in [7, 11) is 1.75. The summed E-state index contributed by atoms with van der Waals surface area (Å²) in [5.74, 6) is -0.577. The van der Waals surface area contributed by atoms with Gasteiger partial charge in [0.05, 0.1) is 0 Å². The zero-order valence-corrected chi connectivity index (χ0v) is 12.0. The van der Waals surface area contributed by atoms with Gasteiger partial charge in [-0.3, -0.25) is 0 Å². The van der Waals surface area contributed by atoms with Crippen molar-refractivity contribution in [2.45, 2.75) is 13.8 Å². The molecule has 20 heavy (non-hydrogen) atoms. The molecule has 5 nitrogen and oxygen atoms in total. The van der Waals surface area contributed by atoms with Crippen LogP contribution in [0, 0.1) is 5.92 Å². The quantitative estimate of drug-likeness (QED) is 0.812. The zero-order chi connectivity index (χ0) is 15.1. The van der Waals surface area contributed by atoms with Crippen LogP contribution in [-0.4, -0.2) is 35.6 Å². The van der Waals surface area contributed by atoms with E-state index in [1.165, 1.54) is 6.08 Å². The van der Waals surface area contributed by atoms with Crippen LogP contribution in [0.3, 0.4) is 0 Å². The minimum atomic E-state index is -0.988. The smallest absolute Gasteiger partial charge is 0.328 e. The summed E-state index contributed by atoms with van der Waals surface area (Å²) >= 11 is 0. The number of hydrogen-bond donors (Lipinski definition) is 2. The van der Waals surface area contributed by atoms with Gasteiger partial charge in [0, 0.05) is 25.4 Å². The van der Waals surface area contributed by atoms with E-state index in [9.17, 15) is 9.59 Å². The van der Waals surface area contributed by atoms with E-state index in [-0.39, 0.29) is 6.03 Å². The molecule has 0 aromatic heterocycles. The first-order valence-electron chi connectivity index (χ1n) is 6.41. The number of nitrogens with zero attached hydrogens (tertiary/aromatic N) is 1. The van der Waals surface area contributed by atoms with Crippen molar-refractivity contribution in [2.24, 2.45) is 5.92 Å². The number of urea groups is 1. The number of carboxylic acid groups (broad SMARTS) is 1. The molecule has 0 atom stereocenters. The third kappa shape index (κ3) is 5.56. The van der Waals surface area contributed by atoms with Crippen LogP contribution in [0.5, 0.6) is 0 Å². The van der Waals surface area contributed by atoms with Crippen LogP contribution < -0.4 is 5.32 Å². The molecular weight excluding hydrogens is 256 g/mol. The van der Waals surface area contributed by atoms with Crippen molar-refractivity contribution in [3.05, 3.63) is 35.9 Å². The van der Waals surface area contributed by atoms with Crippen molar-refractivity contribution < 1.29 is 14.7 Å². The lowest BCUT2D eigenvalue weighted by Crippen LogP contribution is -2.34. The van der Waals surface area contributed by atoms with Crippen LogP contribution in [0.2, 0.25) is 0 Å². The summed E-state index contributed by atoms with van der Waals surface area (Å²) in [5, 5.41) is 11.3. The minimum Gasteiger partial charge on any atom is -0.478 e. The summed E-state index contributed by atoms with van der Waals surface area (Å²) in [6.45, 7) is 4.78. The van der Waals surface area contributed by atoms with Crippen LogP contribution in [0.15, 0.2) is 30.3 Å². The SMILES string of the molecule is CC(C)CN(C)C(=O)Nc1ccc(/C=C/C(=O)O)cc1. The molecule has 0 unspecified atom stereocenters. The highest BCUT2D eigenvalue weighted by Gasteiger charge is 2.09. The van der Waals surface area contributed by atoms with Crippen molar-refractivity contribution in [3.8, 4) is 0 Å². The van der Waals surface area contributed by atoms with Crippen LogP contribution in [0.25, 0.3) is 6.08 Å². The number of benzene rings is 1. The average molecular weight is 276 g/mol. The van der Waals surface area contributed by atoms with Gasteiger partial charge in [-0.1, -0.05) is 26.0 Å². The first kappa shape index (κ1) is 15.8. The predicted octanol–water partition coefficient (Wildman–Crippen LogP) is 2.90. The molecule has 0 spiro atoms. The predicted molar refractivity (Wildman–Crippen MR) is 79.6 cm³/mol. The van der Waals surface area contributed by atoms with Gasteiger partial charge in [-0.05, 0) is 29.7 Å². The van der Waals surface area contributed by atoms with E-state index in [1.807, 2.05) is 13.8 Å². The molecular formula is C15H20N2O3. The Balaban J connectivity index is 2.61. The molecule has 108 valence electrons. The number of hydrogen-bond acceptors (Lipinski definition) is 2. The second-order valence-corrected chi connectivity index (χ2v) is 5.00. The molecule has 0 aliphatic rings. The van der Waals surface area contributed by atoms with Crippen LogP contribution >= 0.6 is 0 Å². The Morgan fingerprint density at radius 1 is 1.30 bits per heavy atom. The molecule has 1 rings (SSSR count). The van der Waals surface area contributed by atoms with Gasteiger partial charge >= 0.3 is 12.0 Å². The number of carbonyl (C=O) groups excluding carboxylic acids is 1. The van der Waals surface area contributed by atoms with Gasteiger partial charge in [0.2, 0.25) is 0 Å². The molecule has 0 bridgehead atoms. The lowest BCUT2D eigenvalue weighted by molar-refractivity contribution is -0.131. The lowest BCUT2D eigenvalue weighted by atomic mass is 10.2. The fraction of sp³-hybridized carbons (Fsp3) is 0.333. The molecule has 0 aliphatic heterocycles. The van der Waals surface area contributed by atoms with Crippen LogP contribution in [0.4, 0.5) is 10.5 Å². The molecule has 0 fully saturated rings. The highest BCUT2D eigenvalue weighted by atomic mass is 16.4. The third-order valence-electron chi connectivity index (χ3n) is 2.57. The average Bonchev–Trinajstić information content (AvgIpc) is 2.37. The van der Waals surface area contributed by atoms with E-state index in [0.29, 0.717) is 18.2 Å². The Morgan fingerprint density at radius 3 is 2.40 bits per heavy atom. The molecule has 0 radical (unpaired) electrons. The van der Waals surface area contributed by atoms with Crippen molar-refractivity contribution in [1.82, 2.24) is 4.90 Å². The number of amides is 2. The summed E-state index contributed by atoms with van der Waals surface area (Å²) < 4.78 is 0. The van der Waals surface area contributed by atoms with Crippen molar-refractivity contribution >= 4 is 23.8 Å². The Bertz CT molecular complexity index is 492. The second kappa shape index (κ2) is 7.33.